The fraction of sp³-hybridized carbons (Fsp3) is 0.581. The first-order valence-electron chi connectivity index (χ1n) is 13.6. The van der Waals surface area contributed by atoms with Gasteiger partial charge in [-0.15, -0.1) is 0 Å². The van der Waals surface area contributed by atoms with Gasteiger partial charge in [0.25, 0.3) is 0 Å². The molecule has 3 aliphatic rings. The van der Waals surface area contributed by atoms with Gasteiger partial charge >= 0.3 is 5.97 Å². The summed E-state index contributed by atoms with van der Waals surface area (Å²) in [5.74, 6) is 0.137. The van der Waals surface area contributed by atoms with Crippen LogP contribution in [0.3, 0.4) is 0 Å². The largest absolute Gasteiger partial charge is 0.508 e. The maximum atomic E-state index is 13.8. The smallest absolute Gasteiger partial charge is 0.331 e. The molecule has 2 aliphatic carbocycles. The molecule has 0 radical (unpaired) electrons. The molecule has 0 bridgehead atoms. The topological polar surface area (TPSA) is 87.0 Å². The highest BCUT2D eigenvalue weighted by Crippen LogP contribution is 2.51. The normalized spacial score (nSPS) is 29.7. The zero-order valence-electron chi connectivity index (χ0n) is 22.7. The van der Waals surface area contributed by atoms with Crippen LogP contribution >= 0.6 is 11.6 Å². The maximum absolute atomic E-state index is 13.8. The third-order valence-corrected chi connectivity index (χ3v) is 9.64. The van der Waals surface area contributed by atoms with Crippen molar-refractivity contribution in [3.05, 3.63) is 52.1 Å². The molecule has 6 heteroatoms. The van der Waals surface area contributed by atoms with E-state index in [9.17, 15) is 19.8 Å². The van der Waals surface area contributed by atoms with E-state index in [0.717, 1.165) is 25.7 Å². The second-order valence-electron chi connectivity index (χ2n) is 12.5. The quantitative estimate of drug-likeness (QED) is 0.428. The molecule has 0 amide bonds. The Morgan fingerprint density at radius 1 is 1.14 bits per heavy atom. The number of rotatable bonds is 4. The molecule has 1 fully saturated rings. The first-order valence-corrected chi connectivity index (χ1v) is 13.9. The fourth-order valence-electron chi connectivity index (χ4n) is 6.86. The van der Waals surface area contributed by atoms with E-state index < -0.39 is 5.97 Å². The first kappa shape index (κ1) is 27.6. The standard InChI is InChI=1S/C31H40ClNO4/c1-18(20-6-8-21(9-7-20)29(36)37)26-17-27(35)28(22-14-24(32)16-25(34)15-22)33-31(19(26)2)12-10-23(11-13-31)30(3,4)5/h6,8,14-16,18-19,23,26,34H,7,9-13,17H2,1-5H3,(H,36,37). The van der Waals surface area contributed by atoms with Crippen molar-refractivity contribution < 1.29 is 19.8 Å². The lowest BCUT2D eigenvalue weighted by Crippen LogP contribution is -2.44. The van der Waals surface area contributed by atoms with Crippen molar-refractivity contribution in [1.82, 2.24) is 0 Å². The Balaban J connectivity index is 1.74. The lowest BCUT2D eigenvalue weighted by atomic mass is 9.60. The number of nitrogens with zero attached hydrogens (tertiary/aromatic N) is 1. The molecule has 37 heavy (non-hydrogen) atoms. The van der Waals surface area contributed by atoms with Crippen molar-refractivity contribution in [3.63, 3.8) is 0 Å². The Hall–Kier alpha value is -2.40. The van der Waals surface area contributed by atoms with Gasteiger partial charge in [-0.05, 0) is 85.8 Å². The van der Waals surface area contributed by atoms with Gasteiger partial charge in [-0.3, -0.25) is 9.79 Å². The summed E-state index contributed by atoms with van der Waals surface area (Å²) in [6.07, 6.45) is 9.24. The van der Waals surface area contributed by atoms with Crippen LogP contribution < -0.4 is 0 Å². The summed E-state index contributed by atoms with van der Waals surface area (Å²) in [5.41, 5.74) is 2.52. The summed E-state index contributed by atoms with van der Waals surface area (Å²) in [7, 11) is 0. The highest BCUT2D eigenvalue weighted by Gasteiger charge is 2.49. The number of aromatic hydroxyl groups is 1. The van der Waals surface area contributed by atoms with Gasteiger partial charge in [0, 0.05) is 22.6 Å². The molecule has 1 saturated carbocycles. The van der Waals surface area contributed by atoms with Gasteiger partial charge in [0.15, 0.2) is 5.78 Å². The van der Waals surface area contributed by atoms with Crippen molar-refractivity contribution in [2.24, 2.45) is 34.1 Å². The van der Waals surface area contributed by atoms with Gasteiger partial charge in [0.05, 0.1) is 5.54 Å². The van der Waals surface area contributed by atoms with Crippen LogP contribution in [0, 0.1) is 29.1 Å². The van der Waals surface area contributed by atoms with Crippen LogP contribution in [0.1, 0.15) is 85.1 Å². The number of phenols is 1. The van der Waals surface area contributed by atoms with E-state index in [1.807, 2.05) is 6.08 Å². The highest BCUT2D eigenvalue weighted by molar-refractivity contribution is 6.47. The molecule has 0 saturated heterocycles. The van der Waals surface area contributed by atoms with E-state index in [0.29, 0.717) is 47.1 Å². The number of allylic oxidation sites excluding steroid dienone is 3. The van der Waals surface area contributed by atoms with E-state index >= 15 is 0 Å². The number of hydrogen-bond donors (Lipinski definition) is 2. The van der Waals surface area contributed by atoms with E-state index in [4.69, 9.17) is 16.6 Å². The van der Waals surface area contributed by atoms with Crippen molar-refractivity contribution in [2.45, 2.75) is 85.1 Å². The van der Waals surface area contributed by atoms with Crippen molar-refractivity contribution >= 4 is 29.1 Å². The predicted molar refractivity (Wildman–Crippen MR) is 148 cm³/mol. The number of aliphatic imine (C=N–C) groups is 1. The molecule has 4 rings (SSSR count). The number of Topliss-reactive ketones (excluding diaryl/α,β-unsaturated/α-hetero) is 1. The number of carbonyl (C=O) groups is 2. The molecule has 3 atom stereocenters. The van der Waals surface area contributed by atoms with E-state index in [1.165, 1.54) is 11.6 Å². The summed E-state index contributed by atoms with van der Waals surface area (Å²) < 4.78 is 0. The summed E-state index contributed by atoms with van der Waals surface area (Å²) >= 11 is 6.27. The fourth-order valence-corrected chi connectivity index (χ4v) is 7.09. The number of hydrogen-bond acceptors (Lipinski definition) is 4. The lowest BCUT2D eigenvalue weighted by Gasteiger charge is -2.47. The Bertz CT molecular complexity index is 1140. The van der Waals surface area contributed by atoms with Crippen LogP contribution in [0.25, 0.3) is 0 Å². The molecule has 0 aromatic heterocycles. The van der Waals surface area contributed by atoms with Gasteiger partial charge in [-0.1, -0.05) is 63.9 Å². The monoisotopic (exact) mass is 525 g/mol. The number of ketones is 1. The summed E-state index contributed by atoms with van der Waals surface area (Å²) in [5, 5.41) is 20.0. The summed E-state index contributed by atoms with van der Waals surface area (Å²) in [4.78, 5) is 30.5. The molecule has 5 nitrogen and oxygen atoms in total. The first-order chi connectivity index (χ1) is 17.3. The van der Waals surface area contributed by atoms with Crippen LogP contribution in [-0.4, -0.2) is 33.2 Å². The minimum atomic E-state index is -0.863. The number of benzene rings is 1. The number of carbonyl (C=O) groups excluding carboxylic acids is 1. The van der Waals surface area contributed by atoms with Crippen LogP contribution in [0.15, 0.2) is 46.5 Å². The highest BCUT2D eigenvalue weighted by atomic mass is 35.5. The number of aliphatic carboxylic acids is 1. The van der Waals surface area contributed by atoms with Gasteiger partial charge in [-0.2, -0.15) is 0 Å². The van der Waals surface area contributed by atoms with Gasteiger partial charge in [0.1, 0.15) is 11.5 Å². The molecule has 1 heterocycles. The Morgan fingerprint density at radius 3 is 2.35 bits per heavy atom. The van der Waals surface area contributed by atoms with Crippen LogP contribution in [-0.2, 0) is 9.59 Å². The van der Waals surface area contributed by atoms with Crippen LogP contribution in [0.2, 0.25) is 5.02 Å². The summed E-state index contributed by atoms with van der Waals surface area (Å²) in [6.45, 7) is 11.4. The Morgan fingerprint density at radius 2 is 1.81 bits per heavy atom. The SMILES string of the molecule is CC(C1=CC=C(C(=O)O)CC1)C1CC(=O)C(c2cc(O)cc(Cl)c2)=NC2(CCC(C(C)(C)C)CC2)C1C. The third-order valence-electron chi connectivity index (χ3n) is 9.43. The van der Waals surface area contributed by atoms with Gasteiger partial charge in [-0.25, -0.2) is 4.79 Å². The molecule has 1 spiro atoms. The zero-order valence-corrected chi connectivity index (χ0v) is 23.4. The van der Waals surface area contributed by atoms with E-state index in [1.54, 1.807) is 18.2 Å². The predicted octanol–water partition coefficient (Wildman–Crippen LogP) is 7.40. The number of phenolic OH excluding ortho intramolecular Hbond substituents is 1. The molecular formula is C31H40ClNO4. The van der Waals surface area contributed by atoms with Gasteiger partial charge < -0.3 is 10.2 Å². The number of carboxylic acids is 1. The third kappa shape index (κ3) is 5.72. The molecule has 3 unspecified atom stereocenters. The Labute approximate surface area is 225 Å². The van der Waals surface area contributed by atoms with Crippen molar-refractivity contribution in [3.8, 4) is 5.75 Å². The minimum absolute atomic E-state index is 0.0154. The Kier molecular flexibility index (Phi) is 7.77. The zero-order chi connectivity index (χ0) is 27.1. The summed E-state index contributed by atoms with van der Waals surface area (Å²) in [6, 6.07) is 4.79. The second-order valence-corrected chi connectivity index (χ2v) is 12.9. The van der Waals surface area contributed by atoms with Crippen molar-refractivity contribution in [1.29, 1.82) is 0 Å². The van der Waals surface area contributed by atoms with Crippen LogP contribution in [0.4, 0.5) is 0 Å². The van der Waals surface area contributed by atoms with Crippen LogP contribution in [0.5, 0.6) is 5.75 Å². The molecule has 1 aromatic carbocycles. The van der Waals surface area contributed by atoms with Crippen molar-refractivity contribution in [2.75, 3.05) is 0 Å². The molecule has 1 aliphatic heterocycles. The maximum Gasteiger partial charge on any atom is 0.331 e. The second kappa shape index (κ2) is 10.4. The van der Waals surface area contributed by atoms with E-state index in [-0.39, 0.29) is 40.2 Å². The molecule has 2 N–H and O–H groups in total. The average molecular weight is 526 g/mol. The molecule has 200 valence electrons. The van der Waals surface area contributed by atoms with E-state index in [2.05, 4.69) is 34.6 Å². The lowest BCUT2D eigenvalue weighted by molar-refractivity contribution is -0.132. The number of halogens is 1. The average Bonchev–Trinajstić information content (AvgIpc) is 2.93. The van der Waals surface area contributed by atoms with Gasteiger partial charge in [0.2, 0.25) is 0 Å². The molecule has 1 aromatic rings. The molecular weight excluding hydrogens is 486 g/mol. The number of carboxylic acid groups (broad SMARTS) is 1. The minimum Gasteiger partial charge on any atom is -0.508 e.